The third-order valence-electron chi connectivity index (χ3n) is 3.17. The molecule has 1 aliphatic heterocycles. The second kappa shape index (κ2) is 4.25. The monoisotopic (exact) mass is 222 g/mol. The molecule has 0 radical (unpaired) electrons. The van der Waals surface area contributed by atoms with Crippen LogP contribution in [-0.4, -0.2) is 40.1 Å². The van der Waals surface area contributed by atoms with E-state index in [2.05, 4.69) is 10.2 Å². The summed E-state index contributed by atoms with van der Waals surface area (Å²) in [7, 11) is 0. The number of aromatic amines is 1. The molecule has 3 N–H and O–H groups in total. The van der Waals surface area contributed by atoms with E-state index in [1.54, 1.807) is 0 Å². The lowest BCUT2D eigenvalue weighted by molar-refractivity contribution is 0.0713. The summed E-state index contributed by atoms with van der Waals surface area (Å²) in [6.07, 6.45) is 1.78. The molecule has 16 heavy (non-hydrogen) atoms. The van der Waals surface area contributed by atoms with Crippen molar-refractivity contribution in [3.8, 4) is 0 Å². The summed E-state index contributed by atoms with van der Waals surface area (Å²) in [4.78, 5) is 14.1. The molecular formula is C11H18N4O. The van der Waals surface area contributed by atoms with Gasteiger partial charge < -0.3 is 10.6 Å². The topological polar surface area (TPSA) is 75.0 Å². The fraction of sp³-hybridized carbons (Fsp3) is 0.636. The van der Waals surface area contributed by atoms with E-state index in [4.69, 9.17) is 5.73 Å². The van der Waals surface area contributed by atoms with Gasteiger partial charge in [-0.25, -0.2) is 0 Å². The molecule has 0 unspecified atom stereocenters. The van der Waals surface area contributed by atoms with Gasteiger partial charge in [-0.1, -0.05) is 0 Å². The Morgan fingerprint density at radius 3 is 2.56 bits per heavy atom. The molecule has 0 spiro atoms. The van der Waals surface area contributed by atoms with Crippen molar-refractivity contribution in [3.05, 3.63) is 17.0 Å². The molecule has 0 bridgehead atoms. The van der Waals surface area contributed by atoms with Crippen molar-refractivity contribution in [2.24, 2.45) is 5.73 Å². The predicted octanol–water partition coefficient (Wildman–Crippen LogP) is 0.590. The molecule has 0 aliphatic carbocycles. The molecule has 0 atom stereocenters. The fourth-order valence-corrected chi connectivity index (χ4v) is 2.13. The summed E-state index contributed by atoms with van der Waals surface area (Å²) in [5.41, 5.74) is 8.16. The Hall–Kier alpha value is -1.36. The van der Waals surface area contributed by atoms with Gasteiger partial charge in [0.15, 0.2) is 0 Å². The van der Waals surface area contributed by atoms with Crippen LogP contribution in [0.15, 0.2) is 0 Å². The number of rotatable bonds is 1. The van der Waals surface area contributed by atoms with Crippen LogP contribution in [0.2, 0.25) is 0 Å². The molecule has 0 saturated carbocycles. The van der Waals surface area contributed by atoms with Gasteiger partial charge in [-0.3, -0.25) is 9.89 Å². The van der Waals surface area contributed by atoms with Gasteiger partial charge in [-0.15, -0.1) is 0 Å². The van der Waals surface area contributed by atoms with Gasteiger partial charge in [0.1, 0.15) is 0 Å². The molecule has 1 amide bonds. The van der Waals surface area contributed by atoms with Crippen molar-refractivity contribution < 1.29 is 4.79 Å². The highest BCUT2D eigenvalue weighted by Gasteiger charge is 2.25. The van der Waals surface area contributed by atoms with E-state index < -0.39 is 0 Å². The lowest BCUT2D eigenvalue weighted by Crippen LogP contribution is -2.43. The Bertz CT molecular complexity index is 371. The lowest BCUT2D eigenvalue weighted by Gasteiger charge is -2.30. The van der Waals surface area contributed by atoms with Crippen LogP contribution >= 0.6 is 0 Å². The van der Waals surface area contributed by atoms with Crippen LogP contribution in [0.5, 0.6) is 0 Å². The van der Waals surface area contributed by atoms with Gasteiger partial charge >= 0.3 is 0 Å². The molecule has 5 heteroatoms. The van der Waals surface area contributed by atoms with Crippen molar-refractivity contribution in [2.45, 2.75) is 32.7 Å². The number of nitrogens with two attached hydrogens (primary N) is 1. The van der Waals surface area contributed by atoms with Crippen molar-refractivity contribution in [1.29, 1.82) is 0 Å². The molecular weight excluding hydrogens is 204 g/mol. The maximum absolute atomic E-state index is 12.2. The minimum absolute atomic E-state index is 0.0793. The van der Waals surface area contributed by atoms with Gasteiger partial charge in [0.2, 0.25) is 0 Å². The summed E-state index contributed by atoms with van der Waals surface area (Å²) in [5, 5.41) is 6.89. The van der Waals surface area contributed by atoms with E-state index >= 15 is 0 Å². The number of likely N-dealkylation sites (tertiary alicyclic amines) is 1. The van der Waals surface area contributed by atoms with Gasteiger partial charge in [0.25, 0.3) is 5.91 Å². The first-order valence-electron chi connectivity index (χ1n) is 5.66. The molecule has 1 saturated heterocycles. The standard InChI is InChI=1S/C11H18N4O/c1-7-10(8(2)14-13-7)11(16)15-5-3-9(12)4-6-15/h9H,3-6,12H2,1-2H3,(H,13,14). The van der Waals surface area contributed by atoms with Gasteiger partial charge in [-0.05, 0) is 26.7 Å². The summed E-state index contributed by atoms with van der Waals surface area (Å²) in [5.74, 6) is 0.0793. The Labute approximate surface area is 95.0 Å². The summed E-state index contributed by atoms with van der Waals surface area (Å²) < 4.78 is 0. The molecule has 2 rings (SSSR count). The van der Waals surface area contributed by atoms with E-state index in [0.29, 0.717) is 0 Å². The van der Waals surface area contributed by atoms with Crippen molar-refractivity contribution in [2.75, 3.05) is 13.1 Å². The number of aryl methyl sites for hydroxylation is 2. The zero-order valence-electron chi connectivity index (χ0n) is 9.79. The van der Waals surface area contributed by atoms with Crippen LogP contribution in [0.3, 0.4) is 0 Å². The summed E-state index contributed by atoms with van der Waals surface area (Å²) >= 11 is 0. The van der Waals surface area contributed by atoms with Gasteiger partial charge in [0, 0.05) is 24.8 Å². The highest BCUT2D eigenvalue weighted by Crippen LogP contribution is 2.16. The number of H-pyrrole nitrogens is 1. The fourth-order valence-electron chi connectivity index (χ4n) is 2.13. The molecule has 1 aliphatic rings. The van der Waals surface area contributed by atoms with Crippen molar-refractivity contribution in [1.82, 2.24) is 15.1 Å². The van der Waals surface area contributed by atoms with E-state index in [0.717, 1.165) is 42.9 Å². The van der Waals surface area contributed by atoms with Crippen molar-refractivity contribution >= 4 is 5.91 Å². The Kier molecular flexibility index (Phi) is 2.96. The highest BCUT2D eigenvalue weighted by atomic mass is 16.2. The highest BCUT2D eigenvalue weighted by molar-refractivity contribution is 5.96. The molecule has 1 aromatic heterocycles. The molecule has 88 valence electrons. The minimum Gasteiger partial charge on any atom is -0.338 e. The zero-order chi connectivity index (χ0) is 11.7. The zero-order valence-corrected chi connectivity index (χ0v) is 9.79. The van der Waals surface area contributed by atoms with Crippen LogP contribution < -0.4 is 5.73 Å². The number of carbonyl (C=O) groups is 1. The van der Waals surface area contributed by atoms with Gasteiger partial charge in [-0.2, -0.15) is 5.10 Å². The average Bonchev–Trinajstić information content (AvgIpc) is 2.59. The number of nitrogens with zero attached hydrogens (tertiary/aromatic N) is 2. The maximum Gasteiger partial charge on any atom is 0.257 e. The Morgan fingerprint density at radius 1 is 1.44 bits per heavy atom. The SMILES string of the molecule is Cc1n[nH]c(C)c1C(=O)N1CCC(N)CC1. The number of carbonyl (C=O) groups excluding carboxylic acids is 1. The van der Waals surface area contributed by atoms with Crippen LogP contribution in [0.1, 0.15) is 34.6 Å². The van der Waals surface area contributed by atoms with E-state index in [1.165, 1.54) is 0 Å². The largest absolute Gasteiger partial charge is 0.338 e. The van der Waals surface area contributed by atoms with Crippen LogP contribution in [0, 0.1) is 13.8 Å². The van der Waals surface area contributed by atoms with E-state index in [1.807, 2.05) is 18.7 Å². The number of aromatic nitrogens is 2. The maximum atomic E-state index is 12.2. The Balaban J connectivity index is 2.14. The Morgan fingerprint density at radius 2 is 2.06 bits per heavy atom. The average molecular weight is 222 g/mol. The van der Waals surface area contributed by atoms with E-state index in [-0.39, 0.29) is 11.9 Å². The predicted molar refractivity (Wildman–Crippen MR) is 61.2 cm³/mol. The van der Waals surface area contributed by atoms with Crippen LogP contribution in [0.4, 0.5) is 0 Å². The number of piperidine rings is 1. The second-order valence-electron chi connectivity index (χ2n) is 4.44. The normalized spacial score (nSPS) is 17.8. The first kappa shape index (κ1) is 11.1. The van der Waals surface area contributed by atoms with Crippen LogP contribution in [0.25, 0.3) is 0 Å². The quantitative estimate of drug-likeness (QED) is 0.730. The minimum atomic E-state index is 0.0793. The first-order valence-corrected chi connectivity index (χ1v) is 5.66. The van der Waals surface area contributed by atoms with E-state index in [9.17, 15) is 4.79 Å². The number of hydrogen-bond acceptors (Lipinski definition) is 3. The van der Waals surface area contributed by atoms with Crippen LogP contribution in [-0.2, 0) is 0 Å². The third kappa shape index (κ3) is 1.95. The summed E-state index contributed by atoms with van der Waals surface area (Å²) in [6.45, 7) is 5.24. The third-order valence-corrected chi connectivity index (χ3v) is 3.17. The molecule has 0 aromatic carbocycles. The number of amides is 1. The first-order chi connectivity index (χ1) is 7.59. The smallest absolute Gasteiger partial charge is 0.257 e. The molecule has 5 nitrogen and oxygen atoms in total. The molecule has 2 heterocycles. The number of nitrogens with one attached hydrogen (secondary N) is 1. The molecule has 1 aromatic rings. The second-order valence-corrected chi connectivity index (χ2v) is 4.44. The van der Waals surface area contributed by atoms with Crippen molar-refractivity contribution in [3.63, 3.8) is 0 Å². The molecule has 1 fully saturated rings. The lowest BCUT2D eigenvalue weighted by atomic mass is 10.0. The summed E-state index contributed by atoms with van der Waals surface area (Å²) in [6, 6.07) is 0.246. The van der Waals surface area contributed by atoms with Gasteiger partial charge in [0.05, 0.1) is 11.3 Å². The number of hydrogen-bond donors (Lipinski definition) is 2.